The average molecular weight is 493 g/mol. The zero-order valence-electron chi connectivity index (χ0n) is 20.0. The molecule has 3 aromatic rings. The number of amides is 1. The van der Waals surface area contributed by atoms with Gasteiger partial charge in [0.1, 0.15) is 28.5 Å². The number of nitrogens with zero attached hydrogens (tertiary/aromatic N) is 2. The third-order valence-corrected chi connectivity index (χ3v) is 7.37. The molecule has 5 rings (SSSR count). The summed E-state index contributed by atoms with van der Waals surface area (Å²) in [5.41, 5.74) is 2.10. The van der Waals surface area contributed by atoms with E-state index in [1.807, 2.05) is 50.2 Å². The Morgan fingerprint density at radius 1 is 1.17 bits per heavy atom. The van der Waals surface area contributed by atoms with Crippen LogP contribution in [-0.4, -0.2) is 41.5 Å². The highest BCUT2D eigenvalue weighted by Gasteiger charge is 2.45. The van der Waals surface area contributed by atoms with E-state index in [2.05, 4.69) is 17.1 Å². The van der Waals surface area contributed by atoms with E-state index in [4.69, 9.17) is 14.2 Å². The van der Waals surface area contributed by atoms with Gasteiger partial charge in [-0.1, -0.05) is 55.5 Å². The Morgan fingerprint density at radius 2 is 1.97 bits per heavy atom. The van der Waals surface area contributed by atoms with Crippen LogP contribution in [0.3, 0.4) is 0 Å². The van der Waals surface area contributed by atoms with E-state index < -0.39 is 12.0 Å². The number of esters is 1. The number of fused-ring (bicyclic) bond motifs is 1. The van der Waals surface area contributed by atoms with Crippen LogP contribution in [0.2, 0.25) is 0 Å². The fourth-order valence-corrected chi connectivity index (χ4v) is 5.55. The first kappa shape index (κ1) is 23.4. The second kappa shape index (κ2) is 9.34. The number of hydrogen-bond donors (Lipinski definition) is 0. The minimum atomic E-state index is -0.589. The van der Waals surface area contributed by atoms with E-state index in [1.165, 1.54) is 30.2 Å². The monoisotopic (exact) mass is 492 g/mol. The van der Waals surface area contributed by atoms with Crippen molar-refractivity contribution in [3.8, 4) is 16.7 Å². The Balaban J connectivity index is 1.27. The largest absolute Gasteiger partial charge is 0.485 e. The second-order valence-electron chi connectivity index (χ2n) is 9.76. The van der Waals surface area contributed by atoms with Crippen LogP contribution in [0.4, 0.5) is 0 Å². The molecule has 1 amide bonds. The number of benzene rings is 2. The smallest absolute Gasteiger partial charge is 0.328 e. The molecule has 1 saturated heterocycles. The lowest BCUT2D eigenvalue weighted by atomic mass is 9.91. The lowest BCUT2D eigenvalue weighted by Gasteiger charge is -2.26. The van der Waals surface area contributed by atoms with E-state index in [0.29, 0.717) is 28.8 Å². The van der Waals surface area contributed by atoms with Crippen molar-refractivity contribution in [1.82, 2.24) is 9.88 Å². The standard InChI is InChI=1S/C27H28N2O5S/c1-27(2)14-20(25(31)32-3)29(16-27)24(30)23-15-28-26(35-23)33-19-10-12-22-18(13-19)9-11-21(34-22)17-7-5-4-6-8-17/h4-8,10,12-13,15,20-21H,9,11,14,16H2,1-3H3. The fraction of sp³-hybridized carbons (Fsp3) is 0.370. The number of aromatic nitrogens is 1. The first-order chi connectivity index (χ1) is 16.8. The van der Waals surface area contributed by atoms with Crippen molar-refractivity contribution in [3.05, 3.63) is 70.7 Å². The summed E-state index contributed by atoms with van der Waals surface area (Å²) in [5, 5.41) is 0.375. The number of likely N-dealkylation sites (tertiary alicyclic amines) is 1. The molecule has 0 spiro atoms. The highest BCUT2D eigenvalue weighted by atomic mass is 32.1. The van der Waals surface area contributed by atoms with Gasteiger partial charge in [-0.25, -0.2) is 9.78 Å². The summed E-state index contributed by atoms with van der Waals surface area (Å²) in [6, 6.07) is 15.4. The molecule has 2 aliphatic rings. The molecular formula is C27H28N2O5S. The molecule has 2 aliphatic heterocycles. The predicted molar refractivity (Wildman–Crippen MR) is 132 cm³/mol. The van der Waals surface area contributed by atoms with Gasteiger partial charge in [-0.3, -0.25) is 4.79 Å². The van der Waals surface area contributed by atoms with Crippen LogP contribution in [0.1, 0.15) is 53.6 Å². The van der Waals surface area contributed by atoms with Gasteiger partial charge in [0.2, 0.25) is 0 Å². The number of carbonyl (C=O) groups excluding carboxylic acids is 2. The van der Waals surface area contributed by atoms with Crippen molar-refractivity contribution in [1.29, 1.82) is 0 Å². The van der Waals surface area contributed by atoms with Gasteiger partial charge >= 0.3 is 5.97 Å². The number of ether oxygens (including phenoxy) is 3. The molecular weight excluding hydrogens is 464 g/mol. The molecule has 3 heterocycles. The van der Waals surface area contributed by atoms with E-state index >= 15 is 0 Å². The number of hydrogen-bond acceptors (Lipinski definition) is 7. The maximum Gasteiger partial charge on any atom is 0.328 e. The number of carbonyl (C=O) groups is 2. The number of thiazole rings is 1. The Morgan fingerprint density at radius 3 is 2.74 bits per heavy atom. The SMILES string of the molecule is COC(=O)C1CC(C)(C)CN1C(=O)c1cnc(Oc2ccc3c(c2)CCC(c2ccccc2)O3)s1. The lowest BCUT2D eigenvalue weighted by molar-refractivity contribution is -0.145. The third kappa shape index (κ3) is 4.89. The van der Waals surface area contributed by atoms with Crippen LogP contribution < -0.4 is 9.47 Å². The Labute approximate surface area is 208 Å². The quantitative estimate of drug-likeness (QED) is 0.443. The lowest BCUT2D eigenvalue weighted by Crippen LogP contribution is -2.41. The molecule has 2 atom stereocenters. The van der Waals surface area contributed by atoms with Crippen molar-refractivity contribution in [3.63, 3.8) is 0 Å². The summed E-state index contributed by atoms with van der Waals surface area (Å²) in [4.78, 5) is 31.7. The maximum absolute atomic E-state index is 13.2. The molecule has 182 valence electrons. The van der Waals surface area contributed by atoms with Crippen LogP contribution >= 0.6 is 11.3 Å². The number of aryl methyl sites for hydroxylation is 1. The van der Waals surface area contributed by atoms with Crippen molar-refractivity contribution >= 4 is 23.2 Å². The van der Waals surface area contributed by atoms with Crippen LogP contribution in [-0.2, 0) is 16.0 Å². The minimum absolute atomic E-state index is 0.0485. The van der Waals surface area contributed by atoms with Crippen LogP contribution in [0.5, 0.6) is 16.7 Å². The van der Waals surface area contributed by atoms with Gasteiger partial charge in [-0.2, -0.15) is 0 Å². The van der Waals surface area contributed by atoms with Crippen LogP contribution in [0.15, 0.2) is 54.7 Å². The summed E-state index contributed by atoms with van der Waals surface area (Å²) in [5.74, 6) is 0.881. The summed E-state index contributed by atoms with van der Waals surface area (Å²) in [6.45, 7) is 4.56. The minimum Gasteiger partial charge on any atom is -0.485 e. The van der Waals surface area contributed by atoms with E-state index in [1.54, 1.807) is 4.90 Å². The van der Waals surface area contributed by atoms with Crippen molar-refractivity contribution in [2.24, 2.45) is 5.41 Å². The summed E-state index contributed by atoms with van der Waals surface area (Å²) in [7, 11) is 1.35. The van der Waals surface area contributed by atoms with Gasteiger partial charge in [0.25, 0.3) is 11.1 Å². The maximum atomic E-state index is 13.2. The Kier molecular flexibility index (Phi) is 6.23. The van der Waals surface area contributed by atoms with Gasteiger partial charge in [-0.15, -0.1) is 0 Å². The molecule has 1 aromatic heterocycles. The molecule has 8 heteroatoms. The molecule has 0 bridgehead atoms. The van der Waals surface area contributed by atoms with Crippen molar-refractivity contribution in [2.75, 3.05) is 13.7 Å². The summed E-state index contributed by atoms with van der Waals surface area (Å²) >= 11 is 1.17. The molecule has 0 aliphatic carbocycles. The van der Waals surface area contributed by atoms with Gasteiger partial charge in [0.05, 0.1) is 13.3 Å². The highest BCUT2D eigenvalue weighted by molar-refractivity contribution is 7.15. The van der Waals surface area contributed by atoms with Gasteiger partial charge < -0.3 is 19.1 Å². The normalized spacial score (nSPS) is 20.6. The Bertz CT molecular complexity index is 1240. The summed E-state index contributed by atoms with van der Waals surface area (Å²) in [6.07, 6.45) is 3.90. The average Bonchev–Trinajstić information content (AvgIpc) is 3.47. The highest BCUT2D eigenvalue weighted by Crippen LogP contribution is 2.39. The molecule has 2 unspecified atom stereocenters. The zero-order chi connectivity index (χ0) is 24.6. The molecule has 0 N–H and O–H groups in total. The zero-order valence-corrected chi connectivity index (χ0v) is 20.8. The number of methoxy groups -OCH3 is 1. The number of rotatable bonds is 5. The first-order valence-corrected chi connectivity index (χ1v) is 12.5. The predicted octanol–water partition coefficient (Wildman–Crippen LogP) is 5.42. The molecule has 0 saturated carbocycles. The van der Waals surface area contributed by atoms with E-state index in [9.17, 15) is 9.59 Å². The van der Waals surface area contributed by atoms with Gasteiger partial charge in [0.15, 0.2) is 0 Å². The molecule has 2 aromatic carbocycles. The van der Waals surface area contributed by atoms with Crippen molar-refractivity contribution < 1.29 is 23.8 Å². The topological polar surface area (TPSA) is 78.0 Å². The van der Waals surface area contributed by atoms with Gasteiger partial charge in [-0.05, 0) is 54.0 Å². The second-order valence-corrected chi connectivity index (χ2v) is 10.8. The Hall–Kier alpha value is -3.39. The van der Waals surface area contributed by atoms with E-state index in [0.717, 1.165) is 24.2 Å². The van der Waals surface area contributed by atoms with E-state index in [-0.39, 0.29) is 17.4 Å². The first-order valence-electron chi connectivity index (χ1n) is 11.7. The molecule has 7 nitrogen and oxygen atoms in total. The van der Waals surface area contributed by atoms with Crippen molar-refractivity contribution in [2.45, 2.75) is 45.3 Å². The third-order valence-electron chi connectivity index (χ3n) is 6.50. The fourth-order valence-electron chi connectivity index (χ4n) is 4.81. The van der Waals surface area contributed by atoms with Gasteiger partial charge in [0, 0.05) is 6.54 Å². The molecule has 35 heavy (non-hydrogen) atoms. The van der Waals surface area contributed by atoms with Crippen LogP contribution in [0.25, 0.3) is 0 Å². The molecule has 1 fully saturated rings. The molecule has 0 radical (unpaired) electrons. The summed E-state index contributed by atoms with van der Waals surface area (Å²) < 4.78 is 17.1. The van der Waals surface area contributed by atoms with Crippen LogP contribution in [0, 0.1) is 5.41 Å².